The first-order valence-electron chi connectivity index (χ1n) is 7.07. The molecule has 98 valence electrons. The van der Waals surface area contributed by atoms with Crippen LogP contribution in [-0.2, 0) is 0 Å². The summed E-state index contributed by atoms with van der Waals surface area (Å²) in [6.07, 6.45) is 7.89. The standard InChI is InChI=1S/C15H21FN2/c16-12-7-8-15(13(17)10-12)18-9-3-5-11-4-1-2-6-14(11)18/h7-8,10-11,14H,1-6,9,17H2/t11-,14-/m1/s1. The average molecular weight is 248 g/mol. The van der Waals surface area contributed by atoms with Crippen LogP contribution in [0.2, 0.25) is 0 Å². The van der Waals surface area contributed by atoms with Crippen LogP contribution < -0.4 is 10.6 Å². The van der Waals surface area contributed by atoms with E-state index in [4.69, 9.17) is 5.73 Å². The Morgan fingerprint density at radius 3 is 2.72 bits per heavy atom. The molecular weight excluding hydrogens is 227 g/mol. The number of rotatable bonds is 1. The van der Waals surface area contributed by atoms with Crippen LogP contribution >= 0.6 is 0 Å². The van der Waals surface area contributed by atoms with Gasteiger partial charge in [-0.1, -0.05) is 12.8 Å². The average Bonchev–Trinajstić information content (AvgIpc) is 2.38. The summed E-state index contributed by atoms with van der Waals surface area (Å²) in [6, 6.07) is 5.45. The highest BCUT2D eigenvalue weighted by Gasteiger charge is 2.33. The second-order valence-corrected chi connectivity index (χ2v) is 5.65. The summed E-state index contributed by atoms with van der Waals surface area (Å²) in [5.74, 6) is 0.574. The lowest BCUT2D eigenvalue weighted by molar-refractivity contribution is 0.244. The molecule has 2 aliphatic rings. The van der Waals surface area contributed by atoms with Crippen LogP contribution in [0, 0.1) is 11.7 Å². The summed E-state index contributed by atoms with van der Waals surface area (Å²) >= 11 is 0. The second-order valence-electron chi connectivity index (χ2n) is 5.65. The maximum absolute atomic E-state index is 13.1. The molecule has 3 heteroatoms. The molecule has 2 fully saturated rings. The number of hydrogen-bond donors (Lipinski definition) is 1. The van der Waals surface area contributed by atoms with Crippen LogP contribution in [0.15, 0.2) is 18.2 Å². The highest BCUT2D eigenvalue weighted by atomic mass is 19.1. The van der Waals surface area contributed by atoms with Crippen LogP contribution in [0.5, 0.6) is 0 Å². The van der Waals surface area contributed by atoms with Crippen LogP contribution in [-0.4, -0.2) is 12.6 Å². The largest absolute Gasteiger partial charge is 0.397 e. The molecule has 1 saturated heterocycles. The zero-order valence-corrected chi connectivity index (χ0v) is 10.7. The Kier molecular flexibility index (Phi) is 3.14. The smallest absolute Gasteiger partial charge is 0.125 e. The second kappa shape index (κ2) is 4.79. The number of halogens is 1. The van der Waals surface area contributed by atoms with Crippen molar-refractivity contribution in [1.82, 2.24) is 0 Å². The van der Waals surface area contributed by atoms with E-state index in [9.17, 15) is 4.39 Å². The van der Waals surface area contributed by atoms with E-state index in [1.807, 2.05) is 6.07 Å². The first kappa shape index (κ1) is 11.8. The Morgan fingerprint density at radius 2 is 1.89 bits per heavy atom. The van der Waals surface area contributed by atoms with Gasteiger partial charge in [-0.25, -0.2) is 4.39 Å². The molecule has 18 heavy (non-hydrogen) atoms. The number of nitrogens with zero attached hydrogens (tertiary/aromatic N) is 1. The van der Waals surface area contributed by atoms with Crippen molar-refractivity contribution in [2.75, 3.05) is 17.2 Å². The van der Waals surface area contributed by atoms with Crippen molar-refractivity contribution in [1.29, 1.82) is 0 Å². The first-order chi connectivity index (χ1) is 8.75. The first-order valence-corrected chi connectivity index (χ1v) is 7.07. The fourth-order valence-corrected chi connectivity index (χ4v) is 3.71. The molecule has 0 amide bonds. The number of nitrogens with two attached hydrogens (primary N) is 1. The number of anilines is 2. The molecule has 0 bridgehead atoms. The molecule has 1 aromatic rings. The Balaban J connectivity index is 1.89. The fraction of sp³-hybridized carbons (Fsp3) is 0.600. The number of piperidine rings is 1. The predicted octanol–water partition coefficient (Wildman–Crippen LogP) is 3.57. The van der Waals surface area contributed by atoms with E-state index >= 15 is 0 Å². The zero-order chi connectivity index (χ0) is 12.5. The molecule has 1 aromatic carbocycles. The number of benzene rings is 1. The predicted molar refractivity (Wildman–Crippen MR) is 73.1 cm³/mol. The molecule has 0 spiro atoms. The highest BCUT2D eigenvalue weighted by molar-refractivity contribution is 5.68. The van der Waals surface area contributed by atoms with Gasteiger partial charge in [-0.15, -0.1) is 0 Å². The van der Waals surface area contributed by atoms with Gasteiger partial charge < -0.3 is 10.6 Å². The molecule has 0 radical (unpaired) electrons. The number of nitrogen functional groups attached to an aromatic ring is 1. The third-order valence-corrected chi connectivity index (χ3v) is 4.54. The Morgan fingerprint density at radius 1 is 1.11 bits per heavy atom. The molecule has 1 aliphatic heterocycles. The van der Waals surface area contributed by atoms with Crippen LogP contribution in [0.1, 0.15) is 38.5 Å². The Hall–Kier alpha value is -1.25. The van der Waals surface area contributed by atoms with Crippen LogP contribution in [0.25, 0.3) is 0 Å². The van der Waals surface area contributed by atoms with Gasteiger partial charge in [-0.3, -0.25) is 0 Å². The monoisotopic (exact) mass is 248 g/mol. The van der Waals surface area contributed by atoms with Crippen molar-refractivity contribution >= 4 is 11.4 Å². The van der Waals surface area contributed by atoms with E-state index in [1.54, 1.807) is 0 Å². The molecule has 1 saturated carbocycles. The van der Waals surface area contributed by atoms with Crippen molar-refractivity contribution in [3.05, 3.63) is 24.0 Å². The quantitative estimate of drug-likeness (QED) is 0.770. The van der Waals surface area contributed by atoms with Crippen molar-refractivity contribution in [2.45, 2.75) is 44.6 Å². The van der Waals surface area contributed by atoms with Gasteiger partial charge >= 0.3 is 0 Å². The van der Waals surface area contributed by atoms with Gasteiger partial charge in [-0.2, -0.15) is 0 Å². The maximum Gasteiger partial charge on any atom is 0.125 e. The summed E-state index contributed by atoms with van der Waals surface area (Å²) in [5.41, 5.74) is 7.61. The molecule has 3 rings (SSSR count). The normalized spacial score (nSPS) is 27.9. The summed E-state index contributed by atoms with van der Waals surface area (Å²) in [4.78, 5) is 2.43. The van der Waals surface area contributed by atoms with E-state index in [0.717, 1.165) is 18.2 Å². The molecular formula is C15H21FN2. The Bertz CT molecular complexity index is 431. The van der Waals surface area contributed by atoms with Crippen molar-refractivity contribution in [2.24, 2.45) is 5.92 Å². The van der Waals surface area contributed by atoms with Gasteiger partial charge in [0.05, 0.1) is 11.4 Å². The summed E-state index contributed by atoms with van der Waals surface area (Å²) < 4.78 is 13.1. The van der Waals surface area contributed by atoms with Gasteiger partial charge in [0.1, 0.15) is 5.82 Å². The Labute approximate surface area is 108 Å². The van der Waals surface area contributed by atoms with E-state index in [1.165, 1.54) is 50.7 Å². The minimum atomic E-state index is -0.242. The van der Waals surface area contributed by atoms with E-state index in [2.05, 4.69) is 4.90 Å². The lowest BCUT2D eigenvalue weighted by atomic mass is 9.78. The number of hydrogen-bond acceptors (Lipinski definition) is 2. The van der Waals surface area contributed by atoms with Gasteiger partial charge in [0.25, 0.3) is 0 Å². The van der Waals surface area contributed by atoms with Crippen molar-refractivity contribution < 1.29 is 4.39 Å². The summed E-state index contributed by atoms with van der Waals surface area (Å²) in [7, 11) is 0. The molecule has 1 heterocycles. The molecule has 1 aliphatic carbocycles. The van der Waals surface area contributed by atoms with Gasteiger partial charge in [0.15, 0.2) is 0 Å². The summed E-state index contributed by atoms with van der Waals surface area (Å²) in [5, 5.41) is 0. The summed E-state index contributed by atoms with van der Waals surface area (Å²) in [6.45, 7) is 1.07. The molecule has 2 N–H and O–H groups in total. The van der Waals surface area contributed by atoms with Crippen molar-refractivity contribution in [3.63, 3.8) is 0 Å². The molecule has 0 aromatic heterocycles. The van der Waals surface area contributed by atoms with Gasteiger partial charge in [-0.05, 0) is 49.8 Å². The molecule has 2 atom stereocenters. The van der Waals surface area contributed by atoms with Crippen LogP contribution in [0.4, 0.5) is 15.8 Å². The minimum Gasteiger partial charge on any atom is -0.397 e. The van der Waals surface area contributed by atoms with E-state index in [-0.39, 0.29) is 5.82 Å². The van der Waals surface area contributed by atoms with Crippen molar-refractivity contribution in [3.8, 4) is 0 Å². The number of fused-ring (bicyclic) bond motifs is 1. The SMILES string of the molecule is Nc1cc(F)ccc1N1CCC[C@H]2CCCC[C@H]21. The lowest BCUT2D eigenvalue weighted by Gasteiger charge is -2.45. The minimum absolute atomic E-state index is 0.242. The van der Waals surface area contributed by atoms with E-state index < -0.39 is 0 Å². The maximum atomic E-state index is 13.1. The molecule has 2 nitrogen and oxygen atoms in total. The highest BCUT2D eigenvalue weighted by Crippen LogP contribution is 2.39. The van der Waals surface area contributed by atoms with Gasteiger partial charge in [0, 0.05) is 12.6 Å². The zero-order valence-electron chi connectivity index (χ0n) is 10.7. The van der Waals surface area contributed by atoms with E-state index in [0.29, 0.717) is 11.7 Å². The lowest BCUT2D eigenvalue weighted by Crippen LogP contribution is -2.47. The third-order valence-electron chi connectivity index (χ3n) is 4.54. The topological polar surface area (TPSA) is 29.3 Å². The fourth-order valence-electron chi connectivity index (χ4n) is 3.71. The third kappa shape index (κ3) is 2.06. The van der Waals surface area contributed by atoms with Gasteiger partial charge in [0.2, 0.25) is 0 Å². The molecule has 0 unspecified atom stereocenters. The van der Waals surface area contributed by atoms with Crippen LogP contribution in [0.3, 0.4) is 0 Å².